The summed E-state index contributed by atoms with van der Waals surface area (Å²) >= 11 is 2.66. The SMILES string of the molecule is CCOC(=O)N1CCN(C(=O)CSCC(=O)Nc2nc(-c3ccc(C(C)C)cc3)cs2)CC1. The fourth-order valence-electron chi connectivity index (χ4n) is 3.33. The summed E-state index contributed by atoms with van der Waals surface area (Å²) in [7, 11) is 0. The zero-order valence-electron chi connectivity index (χ0n) is 19.2. The van der Waals surface area contributed by atoms with Crippen LogP contribution in [0, 0.1) is 0 Å². The van der Waals surface area contributed by atoms with Crippen LogP contribution in [0.4, 0.5) is 9.93 Å². The Morgan fingerprint density at radius 1 is 1.09 bits per heavy atom. The van der Waals surface area contributed by atoms with E-state index in [0.29, 0.717) is 43.8 Å². The monoisotopic (exact) mass is 490 g/mol. The van der Waals surface area contributed by atoms with Crippen molar-refractivity contribution in [1.82, 2.24) is 14.8 Å². The molecule has 1 aliphatic rings. The quantitative estimate of drug-likeness (QED) is 0.603. The molecule has 0 aliphatic carbocycles. The van der Waals surface area contributed by atoms with Gasteiger partial charge in [0, 0.05) is 37.1 Å². The average molecular weight is 491 g/mol. The second kappa shape index (κ2) is 12.0. The maximum atomic E-state index is 12.4. The van der Waals surface area contributed by atoms with E-state index in [1.165, 1.54) is 28.7 Å². The average Bonchev–Trinajstić information content (AvgIpc) is 3.27. The maximum absolute atomic E-state index is 12.4. The minimum absolute atomic E-state index is 0.0299. The smallest absolute Gasteiger partial charge is 0.409 e. The van der Waals surface area contributed by atoms with Gasteiger partial charge in [-0.3, -0.25) is 9.59 Å². The Morgan fingerprint density at radius 3 is 2.39 bits per heavy atom. The van der Waals surface area contributed by atoms with Crippen molar-refractivity contribution < 1.29 is 19.1 Å². The lowest BCUT2D eigenvalue weighted by atomic mass is 10.0. The van der Waals surface area contributed by atoms with E-state index in [1.54, 1.807) is 16.7 Å². The lowest BCUT2D eigenvalue weighted by molar-refractivity contribution is -0.129. The number of carbonyl (C=O) groups excluding carboxylic acids is 3. The van der Waals surface area contributed by atoms with Crippen LogP contribution in [-0.2, 0) is 14.3 Å². The molecule has 1 aromatic carbocycles. The first-order chi connectivity index (χ1) is 15.9. The van der Waals surface area contributed by atoms with E-state index in [9.17, 15) is 14.4 Å². The third kappa shape index (κ3) is 7.20. The van der Waals surface area contributed by atoms with Gasteiger partial charge < -0.3 is 19.9 Å². The zero-order valence-corrected chi connectivity index (χ0v) is 20.8. The van der Waals surface area contributed by atoms with Crippen molar-refractivity contribution in [3.8, 4) is 11.3 Å². The summed E-state index contributed by atoms with van der Waals surface area (Å²) in [5.41, 5.74) is 3.12. The van der Waals surface area contributed by atoms with Gasteiger partial charge in [0.2, 0.25) is 11.8 Å². The number of hydrogen-bond donors (Lipinski definition) is 1. The Kier molecular flexibility index (Phi) is 9.13. The molecule has 1 fully saturated rings. The standard InChI is InChI=1S/C23H30N4O4S2/c1-4-31-23(30)27-11-9-26(10-12-27)21(29)15-32-14-20(28)25-22-24-19(13-33-22)18-7-5-17(6-8-18)16(2)3/h5-8,13,16H,4,9-12,14-15H2,1-3H3,(H,24,25,28). The summed E-state index contributed by atoms with van der Waals surface area (Å²) in [5, 5.41) is 5.28. The maximum Gasteiger partial charge on any atom is 0.409 e. The van der Waals surface area contributed by atoms with Gasteiger partial charge >= 0.3 is 6.09 Å². The summed E-state index contributed by atoms with van der Waals surface area (Å²) in [5.74, 6) is 0.654. The summed E-state index contributed by atoms with van der Waals surface area (Å²) < 4.78 is 4.99. The van der Waals surface area contributed by atoms with Crippen molar-refractivity contribution in [3.05, 3.63) is 35.2 Å². The lowest BCUT2D eigenvalue weighted by Gasteiger charge is -2.34. The van der Waals surface area contributed by atoms with E-state index in [-0.39, 0.29) is 29.4 Å². The highest BCUT2D eigenvalue weighted by Gasteiger charge is 2.24. The summed E-state index contributed by atoms with van der Waals surface area (Å²) in [6.07, 6.45) is -0.339. The minimum Gasteiger partial charge on any atom is -0.450 e. The third-order valence-electron chi connectivity index (χ3n) is 5.24. The second-order valence-corrected chi connectivity index (χ2v) is 9.77. The minimum atomic E-state index is -0.339. The van der Waals surface area contributed by atoms with E-state index in [4.69, 9.17) is 4.74 Å². The predicted octanol–water partition coefficient (Wildman–Crippen LogP) is 3.91. The number of thioether (sulfide) groups is 1. The van der Waals surface area contributed by atoms with Gasteiger partial charge in [-0.05, 0) is 18.4 Å². The van der Waals surface area contributed by atoms with Crippen molar-refractivity contribution in [1.29, 1.82) is 0 Å². The van der Waals surface area contributed by atoms with Crippen LogP contribution in [0.2, 0.25) is 0 Å². The number of benzene rings is 1. The summed E-state index contributed by atoms with van der Waals surface area (Å²) in [6, 6.07) is 8.29. The number of piperazine rings is 1. The highest BCUT2D eigenvalue weighted by Crippen LogP contribution is 2.26. The van der Waals surface area contributed by atoms with E-state index in [1.807, 2.05) is 17.5 Å². The number of nitrogens with one attached hydrogen (secondary N) is 1. The van der Waals surface area contributed by atoms with Crippen LogP contribution in [0.3, 0.4) is 0 Å². The third-order valence-corrected chi connectivity index (χ3v) is 6.92. The number of carbonyl (C=O) groups is 3. The first kappa shape index (κ1) is 25.0. The molecule has 2 aromatic rings. The molecule has 1 saturated heterocycles. The molecule has 1 N–H and O–H groups in total. The van der Waals surface area contributed by atoms with Gasteiger partial charge in [-0.2, -0.15) is 0 Å². The van der Waals surface area contributed by atoms with Crippen molar-refractivity contribution in [2.45, 2.75) is 26.7 Å². The van der Waals surface area contributed by atoms with Gasteiger partial charge in [-0.25, -0.2) is 9.78 Å². The largest absolute Gasteiger partial charge is 0.450 e. The number of aromatic nitrogens is 1. The fourth-order valence-corrected chi connectivity index (χ4v) is 4.79. The molecule has 8 nitrogen and oxygen atoms in total. The van der Waals surface area contributed by atoms with Crippen LogP contribution in [0.5, 0.6) is 0 Å². The molecule has 0 unspecified atom stereocenters. The molecule has 10 heteroatoms. The van der Waals surface area contributed by atoms with E-state index < -0.39 is 0 Å². The molecule has 178 valence electrons. The lowest BCUT2D eigenvalue weighted by Crippen LogP contribution is -2.51. The Hall–Kier alpha value is -2.59. The van der Waals surface area contributed by atoms with Gasteiger partial charge in [0.1, 0.15) is 0 Å². The number of ether oxygens (including phenoxy) is 1. The number of rotatable bonds is 8. The molecular formula is C23H30N4O4S2. The van der Waals surface area contributed by atoms with Crippen molar-refractivity contribution in [2.75, 3.05) is 49.6 Å². The molecule has 0 saturated carbocycles. The number of anilines is 1. The molecule has 1 aromatic heterocycles. The van der Waals surface area contributed by atoms with Crippen LogP contribution in [0.15, 0.2) is 29.6 Å². The Bertz CT molecular complexity index is 954. The molecule has 33 heavy (non-hydrogen) atoms. The first-order valence-electron chi connectivity index (χ1n) is 11.0. The van der Waals surface area contributed by atoms with Crippen LogP contribution >= 0.6 is 23.1 Å². The molecule has 0 radical (unpaired) electrons. The highest BCUT2D eigenvalue weighted by molar-refractivity contribution is 8.00. The Morgan fingerprint density at radius 2 is 1.76 bits per heavy atom. The first-order valence-corrected chi connectivity index (χ1v) is 13.0. The van der Waals surface area contributed by atoms with Crippen LogP contribution in [-0.4, -0.2) is 77.0 Å². The molecule has 0 bridgehead atoms. The fraction of sp³-hybridized carbons (Fsp3) is 0.478. The van der Waals surface area contributed by atoms with Gasteiger partial charge in [-0.15, -0.1) is 23.1 Å². The molecule has 3 rings (SSSR count). The molecule has 0 spiro atoms. The second-order valence-electron chi connectivity index (χ2n) is 7.92. The molecule has 3 amide bonds. The number of amides is 3. The van der Waals surface area contributed by atoms with Crippen molar-refractivity contribution >= 4 is 46.1 Å². The molecule has 2 heterocycles. The Labute approximate surface area is 202 Å². The number of hydrogen-bond acceptors (Lipinski definition) is 7. The van der Waals surface area contributed by atoms with Crippen LogP contribution < -0.4 is 5.32 Å². The molecule has 0 atom stereocenters. The van der Waals surface area contributed by atoms with Gasteiger partial charge in [-0.1, -0.05) is 38.1 Å². The van der Waals surface area contributed by atoms with Gasteiger partial charge in [0.25, 0.3) is 0 Å². The van der Waals surface area contributed by atoms with E-state index >= 15 is 0 Å². The van der Waals surface area contributed by atoms with Gasteiger partial charge in [0.15, 0.2) is 5.13 Å². The highest BCUT2D eigenvalue weighted by atomic mass is 32.2. The van der Waals surface area contributed by atoms with E-state index in [2.05, 4.69) is 36.3 Å². The molecule has 1 aliphatic heterocycles. The summed E-state index contributed by atoms with van der Waals surface area (Å²) in [4.78, 5) is 44.2. The van der Waals surface area contributed by atoms with Crippen LogP contribution in [0.1, 0.15) is 32.3 Å². The van der Waals surface area contributed by atoms with Crippen LogP contribution in [0.25, 0.3) is 11.3 Å². The van der Waals surface area contributed by atoms with Crippen molar-refractivity contribution in [3.63, 3.8) is 0 Å². The van der Waals surface area contributed by atoms with E-state index in [0.717, 1.165) is 11.3 Å². The normalized spacial score (nSPS) is 13.8. The van der Waals surface area contributed by atoms with Gasteiger partial charge in [0.05, 0.1) is 23.8 Å². The zero-order chi connectivity index (χ0) is 23.8. The number of nitrogens with zero attached hydrogens (tertiary/aromatic N) is 3. The number of thiazole rings is 1. The molecular weight excluding hydrogens is 460 g/mol. The predicted molar refractivity (Wildman–Crippen MR) is 133 cm³/mol. The van der Waals surface area contributed by atoms with Crippen molar-refractivity contribution in [2.24, 2.45) is 0 Å². The summed E-state index contributed by atoms with van der Waals surface area (Å²) in [6.45, 7) is 8.29. The Balaban J connectivity index is 1.39. The topological polar surface area (TPSA) is 91.8 Å².